The fourth-order valence-corrected chi connectivity index (χ4v) is 4.02. The minimum atomic E-state index is -0.514. The summed E-state index contributed by atoms with van der Waals surface area (Å²) in [5.41, 5.74) is 0.883. The van der Waals surface area contributed by atoms with E-state index in [1.54, 1.807) is 48.9 Å². The molecule has 0 bridgehead atoms. The Labute approximate surface area is 184 Å². The van der Waals surface area contributed by atoms with Gasteiger partial charge < -0.3 is 4.74 Å². The molecule has 0 radical (unpaired) electrons. The smallest absolute Gasteiger partial charge is 0.329 e. The summed E-state index contributed by atoms with van der Waals surface area (Å²) in [4.78, 5) is 40.1. The summed E-state index contributed by atoms with van der Waals surface area (Å²) >= 11 is 1.57. The summed E-state index contributed by atoms with van der Waals surface area (Å²) in [6.45, 7) is 7.84. The molecule has 9 heteroatoms. The Kier molecular flexibility index (Phi) is 5.45. The van der Waals surface area contributed by atoms with E-state index in [2.05, 4.69) is 20.3 Å². The first-order chi connectivity index (χ1) is 14.7. The lowest BCUT2D eigenvalue weighted by atomic mass is 9.92. The number of pyridine rings is 2. The van der Waals surface area contributed by atoms with Gasteiger partial charge in [0.05, 0.1) is 21.3 Å². The number of carbonyl (C=O) groups is 2. The van der Waals surface area contributed by atoms with E-state index < -0.39 is 11.4 Å². The molecule has 1 fully saturated rings. The monoisotopic (exact) mass is 437 g/mol. The number of hydrogen-bond acceptors (Lipinski definition) is 7. The van der Waals surface area contributed by atoms with Gasteiger partial charge in [0.15, 0.2) is 0 Å². The van der Waals surface area contributed by atoms with Gasteiger partial charge in [0.25, 0.3) is 0 Å². The van der Waals surface area contributed by atoms with E-state index in [1.807, 2.05) is 26.8 Å². The summed E-state index contributed by atoms with van der Waals surface area (Å²) in [5.74, 6) is 1.38. The van der Waals surface area contributed by atoms with Crippen LogP contribution >= 0.6 is 11.3 Å². The molecular formula is C22H23N5O3S. The lowest BCUT2D eigenvalue weighted by Gasteiger charge is -2.18. The van der Waals surface area contributed by atoms with Gasteiger partial charge in [0, 0.05) is 30.4 Å². The topological polar surface area (TPSA) is 97.3 Å². The van der Waals surface area contributed by atoms with Crippen LogP contribution in [-0.2, 0) is 4.79 Å². The molecule has 0 atom stereocenters. The summed E-state index contributed by atoms with van der Waals surface area (Å²) < 4.78 is 5.99. The fraction of sp³-hybridized carbons (Fsp3) is 0.318. The van der Waals surface area contributed by atoms with Gasteiger partial charge in [-0.15, -0.1) is 11.3 Å². The maximum atomic E-state index is 12.5. The van der Waals surface area contributed by atoms with Gasteiger partial charge in [-0.3, -0.25) is 20.0 Å². The van der Waals surface area contributed by atoms with Gasteiger partial charge in [-0.25, -0.2) is 14.8 Å². The summed E-state index contributed by atoms with van der Waals surface area (Å²) in [7, 11) is 0. The largest absolute Gasteiger partial charge is 0.455 e. The zero-order chi connectivity index (χ0) is 22.2. The second-order valence-electron chi connectivity index (χ2n) is 8.02. The van der Waals surface area contributed by atoms with E-state index in [0.29, 0.717) is 36.0 Å². The van der Waals surface area contributed by atoms with Crippen molar-refractivity contribution in [2.45, 2.75) is 34.1 Å². The van der Waals surface area contributed by atoms with Crippen LogP contribution in [0.25, 0.3) is 10.6 Å². The molecule has 160 valence electrons. The number of urea groups is 1. The molecule has 1 N–H and O–H groups in total. The Balaban J connectivity index is 1.46. The average molecular weight is 438 g/mol. The maximum absolute atomic E-state index is 12.5. The quantitative estimate of drug-likeness (QED) is 0.630. The Morgan fingerprint density at radius 1 is 1.23 bits per heavy atom. The van der Waals surface area contributed by atoms with Gasteiger partial charge in [-0.1, -0.05) is 13.8 Å². The number of aryl methyl sites for hydroxylation is 2. The average Bonchev–Trinajstić information content (AvgIpc) is 3.27. The van der Waals surface area contributed by atoms with Crippen LogP contribution in [0.15, 0.2) is 36.7 Å². The van der Waals surface area contributed by atoms with Gasteiger partial charge in [-0.05, 0) is 38.5 Å². The van der Waals surface area contributed by atoms with Gasteiger partial charge >= 0.3 is 6.03 Å². The Hall–Kier alpha value is -3.33. The van der Waals surface area contributed by atoms with Crippen molar-refractivity contribution in [1.29, 1.82) is 0 Å². The second kappa shape index (κ2) is 8.07. The molecule has 31 heavy (non-hydrogen) atoms. The van der Waals surface area contributed by atoms with Crippen molar-refractivity contribution in [2.24, 2.45) is 5.41 Å². The number of imide groups is 1. The lowest BCUT2D eigenvalue weighted by Crippen LogP contribution is -2.39. The lowest BCUT2D eigenvalue weighted by molar-refractivity contribution is -0.131. The van der Waals surface area contributed by atoms with Crippen molar-refractivity contribution in [2.75, 3.05) is 11.9 Å². The molecule has 1 aliphatic rings. The normalized spacial score (nSPS) is 15.2. The number of likely N-dealkylation sites (tertiary alicyclic amines) is 1. The van der Waals surface area contributed by atoms with Gasteiger partial charge in [0.2, 0.25) is 5.91 Å². The van der Waals surface area contributed by atoms with Crippen molar-refractivity contribution in [3.8, 4) is 22.1 Å². The predicted molar refractivity (Wildman–Crippen MR) is 118 cm³/mol. The summed E-state index contributed by atoms with van der Waals surface area (Å²) in [6.07, 6.45) is 4.13. The Bertz CT molecular complexity index is 1160. The molecule has 3 aromatic heterocycles. The highest BCUT2D eigenvalue weighted by Gasteiger charge is 2.41. The molecule has 3 aromatic rings. The molecule has 1 saturated heterocycles. The van der Waals surface area contributed by atoms with Crippen molar-refractivity contribution in [1.82, 2.24) is 19.9 Å². The molecule has 3 amide bonds. The van der Waals surface area contributed by atoms with E-state index >= 15 is 0 Å². The third-order valence-electron chi connectivity index (χ3n) is 5.13. The van der Waals surface area contributed by atoms with Gasteiger partial charge in [0.1, 0.15) is 17.3 Å². The van der Waals surface area contributed by atoms with E-state index in [-0.39, 0.29) is 5.91 Å². The van der Waals surface area contributed by atoms with Gasteiger partial charge in [-0.2, -0.15) is 0 Å². The van der Waals surface area contributed by atoms with Crippen molar-refractivity contribution in [3.63, 3.8) is 0 Å². The van der Waals surface area contributed by atoms with E-state index in [9.17, 15) is 9.59 Å². The number of nitrogens with zero attached hydrogens (tertiary/aromatic N) is 4. The first-order valence-corrected chi connectivity index (χ1v) is 10.7. The molecule has 4 rings (SSSR count). The first kappa shape index (κ1) is 20.9. The van der Waals surface area contributed by atoms with Crippen LogP contribution in [0.5, 0.6) is 11.5 Å². The first-order valence-electron chi connectivity index (χ1n) is 9.90. The molecule has 4 heterocycles. The standard InChI is InChI=1S/C22H23N5O3S/c1-13-17(30-15-7-9-23-16(11-15)18-12-24-14(2)31-18)5-6-19(25-13)26-21(29)27-10-8-22(3,4)20(27)28/h5-7,9,11-12H,8,10H2,1-4H3,(H,25,26,29). The zero-order valence-electron chi connectivity index (χ0n) is 17.8. The van der Waals surface area contributed by atoms with Crippen LogP contribution in [0.3, 0.4) is 0 Å². The van der Waals surface area contributed by atoms with Crippen molar-refractivity contribution in [3.05, 3.63) is 47.4 Å². The number of nitrogens with one attached hydrogen (secondary N) is 1. The SMILES string of the molecule is Cc1ncc(-c2cc(Oc3ccc(NC(=O)N4CCC(C)(C)C4=O)nc3C)ccn2)s1. The number of amides is 3. The highest BCUT2D eigenvalue weighted by atomic mass is 32.1. The zero-order valence-corrected chi connectivity index (χ0v) is 18.6. The summed E-state index contributed by atoms with van der Waals surface area (Å²) in [5, 5.41) is 3.67. The van der Waals surface area contributed by atoms with Crippen molar-refractivity contribution >= 4 is 29.1 Å². The minimum Gasteiger partial charge on any atom is -0.455 e. The molecule has 0 unspecified atom stereocenters. The highest BCUT2D eigenvalue weighted by molar-refractivity contribution is 7.15. The summed E-state index contributed by atoms with van der Waals surface area (Å²) in [6, 6.07) is 6.55. The van der Waals surface area contributed by atoms with Crippen LogP contribution in [-0.4, -0.2) is 38.3 Å². The van der Waals surface area contributed by atoms with Crippen molar-refractivity contribution < 1.29 is 14.3 Å². The molecule has 0 saturated carbocycles. The minimum absolute atomic E-state index is 0.175. The third kappa shape index (κ3) is 4.41. The number of rotatable bonds is 4. The highest BCUT2D eigenvalue weighted by Crippen LogP contribution is 2.32. The van der Waals surface area contributed by atoms with Crippen LogP contribution in [0.4, 0.5) is 10.6 Å². The molecular weight excluding hydrogens is 414 g/mol. The van der Waals surface area contributed by atoms with E-state index in [1.165, 1.54) is 4.90 Å². The molecule has 0 aliphatic carbocycles. The van der Waals surface area contributed by atoms with Crippen LogP contribution in [0.2, 0.25) is 0 Å². The fourth-order valence-electron chi connectivity index (χ4n) is 3.28. The van der Waals surface area contributed by atoms with E-state index in [4.69, 9.17) is 4.74 Å². The Morgan fingerprint density at radius 3 is 2.68 bits per heavy atom. The third-order valence-corrected chi connectivity index (χ3v) is 6.07. The van der Waals surface area contributed by atoms with Crippen LogP contribution in [0, 0.1) is 19.3 Å². The number of hydrogen-bond donors (Lipinski definition) is 1. The van der Waals surface area contributed by atoms with E-state index in [0.717, 1.165) is 15.6 Å². The molecule has 8 nitrogen and oxygen atoms in total. The number of ether oxygens (including phenoxy) is 1. The number of aromatic nitrogens is 3. The number of carbonyl (C=O) groups excluding carboxylic acids is 2. The molecule has 0 spiro atoms. The molecule has 1 aliphatic heterocycles. The predicted octanol–water partition coefficient (Wildman–Crippen LogP) is 4.80. The number of anilines is 1. The van der Waals surface area contributed by atoms with Crippen LogP contribution < -0.4 is 10.1 Å². The Morgan fingerprint density at radius 2 is 2.03 bits per heavy atom. The molecule has 0 aromatic carbocycles. The maximum Gasteiger partial charge on any atom is 0.329 e. The second-order valence-corrected chi connectivity index (χ2v) is 9.26. The van der Waals surface area contributed by atoms with Crippen LogP contribution in [0.1, 0.15) is 31.0 Å². The number of thiazole rings is 1.